The number of benzene rings is 1. The summed E-state index contributed by atoms with van der Waals surface area (Å²) in [6.45, 7) is 0.315. The molecule has 6 heteroatoms. The minimum atomic E-state index is 0.219. The van der Waals surface area contributed by atoms with Crippen molar-refractivity contribution in [3.05, 3.63) is 35.5 Å². The Balaban J connectivity index is 1.50. The number of aromatic nitrogens is 2. The first-order valence-electron chi connectivity index (χ1n) is 6.98. The zero-order chi connectivity index (χ0) is 14.7. The van der Waals surface area contributed by atoms with Crippen molar-refractivity contribution < 1.29 is 9.47 Å². The number of aryl methyl sites for hydroxylation is 2. The van der Waals surface area contributed by atoms with Crippen LogP contribution in [0, 0.1) is 0 Å². The lowest BCUT2D eigenvalue weighted by atomic mass is 10.0. The average Bonchev–Trinajstić information content (AvgIpc) is 2.93. The molecule has 0 radical (unpaired) electrons. The van der Waals surface area contributed by atoms with Crippen LogP contribution in [0.15, 0.2) is 24.4 Å². The molecular formula is C15H18N4O2. The number of unbranched alkanes of at least 4 members (excludes halogenated alkanes) is 1. The summed E-state index contributed by atoms with van der Waals surface area (Å²) in [4.78, 5) is 7.94. The van der Waals surface area contributed by atoms with E-state index in [9.17, 15) is 0 Å². The van der Waals surface area contributed by atoms with Crippen LogP contribution in [0.4, 0.5) is 11.8 Å². The molecule has 0 atom stereocenters. The highest BCUT2D eigenvalue weighted by Crippen LogP contribution is 2.32. The van der Waals surface area contributed by atoms with Crippen LogP contribution in [-0.2, 0) is 12.8 Å². The van der Waals surface area contributed by atoms with Crippen molar-refractivity contribution in [1.29, 1.82) is 0 Å². The Morgan fingerprint density at radius 2 is 1.86 bits per heavy atom. The Labute approximate surface area is 123 Å². The molecule has 2 aromatic rings. The molecule has 0 aliphatic carbocycles. The van der Waals surface area contributed by atoms with Gasteiger partial charge in [-0.2, -0.15) is 4.98 Å². The number of hydrogen-bond donors (Lipinski definition) is 2. The summed E-state index contributed by atoms with van der Waals surface area (Å²) >= 11 is 0. The molecule has 21 heavy (non-hydrogen) atoms. The molecule has 0 unspecified atom stereocenters. The number of anilines is 2. The Morgan fingerprint density at radius 3 is 2.71 bits per heavy atom. The van der Waals surface area contributed by atoms with Gasteiger partial charge < -0.3 is 20.9 Å². The topological polar surface area (TPSA) is 96.3 Å². The van der Waals surface area contributed by atoms with Gasteiger partial charge >= 0.3 is 0 Å². The second-order valence-electron chi connectivity index (χ2n) is 5.03. The molecule has 1 aliphatic rings. The van der Waals surface area contributed by atoms with Gasteiger partial charge in [-0.3, -0.25) is 0 Å². The van der Waals surface area contributed by atoms with Crippen molar-refractivity contribution >= 4 is 11.8 Å². The van der Waals surface area contributed by atoms with E-state index in [1.54, 1.807) is 6.20 Å². The zero-order valence-electron chi connectivity index (χ0n) is 11.7. The lowest BCUT2D eigenvalue weighted by Gasteiger charge is -2.06. The molecule has 110 valence electrons. The van der Waals surface area contributed by atoms with Crippen molar-refractivity contribution in [2.75, 3.05) is 18.3 Å². The fourth-order valence-corrected chi connectivity index (χ4v) is 2.37. The molecular weight excluding hydrogens is 268 g/mol. The maximum atomic E-state index is 5.81. The Bertz CT molecular complexity index is 646. The van der Waals surface area contributed by atoms with E-state index in [2.05, 4.69) is 16.0 Å². The van der Waals surface area contributed by atoms with Gasteiger partial charge in [0.2, 0.25) is 12.7 Å². The van der Waals surface area contributed by atoms with Crippen molar-refractivity contribution in [2.45, 2.75) is 25.7 Å². The van der Waals surface area contributed by atoms with Crippen molar-refractivity contribution in [3.8, 4) is 11.5 Å². The van der Waals surface area contributed by atoms with Crippen LogP contribution in [0.2, 0.25) is 0 Å². The molecule has 1 aromatic heterocycles. The van der Waals surface area contributed by atoms with Gasteiger partial charge in [-0.15, -0.1) is 0 Å². The lowest BCUT2D eigenvalue weighted by Crippen LogP contribution is -2.03. The summed E-state index contributed by atoms with van der Waals surface area (Å²) in [6.07, 6.45) is 5.64. The fraction of sp³-hybridized carbons (Fsp3) is 0.333. The van der Waals surface area contributed by atoms with E-state index < -0.39 is 0 Å². The first kappa shape index (κ1) is 13.5. The molecule has 0 fully saturated rings. The van der Waals surface area contributed by atoms with Gasteiger partial charge in [0.05, 0.1) is 0 Å². The monoisotopic (exact) mass is 286 g/mol. The summed E-state index contributed by atoms with van der Waals surface area (Å²) in [5, 5.41) is 0. The Morgan fingerprint density at radius 1 is 1.05 bits per heavy atom. The quantitative estimate of drug-likeness (QED) is 0.815. The van der Waals surface area contributed by atoms with Crippen LogP contribution in [0.25, 0.3) is 0 Å². The fourth-order valence-electron chi connectivity index (χ4n) is 2.37. The third-order valence-electron chi connectivity index (χ3n) is 3.52. The summed E-state index contributed by atoms with van der Waals surface area (Å²) < 4.78 is 10.7. The van der Waals surface area contributed by atoms with E-state index in [1.807, 2.05) is 12.1 Å². The molecule has 0 saturated heterocycles. The van der Waals surface area contributed by atoms with Crippen LogP contribution < -0.4 is 20.9 Å². The number of ether oxygens (including phenoxy) is 2. The van der Waals surface area contributed by atoms with Crippen LogP contribution in [-0.4, -0.2) is 16.8 Å². The molecule has 6 nitrogen and oxygen atoms in total. The van der Waals surface area contributed by atoms with Gasteiger partial charge in [-0.1, -0.05) is 6.07 Å². The van der Waals surface area contributed by atoms with E-state index in [-0.39, 0.29) is 5.95 Å². The zero-order valence-corrected chi connectivity index (χ0v) is 11.7. The molecule has 1 aliphatic heterocycles. The van der Waals surface area contributed by atoms with E-state index in [0.29, 0.717) is 12.6 Å². The predicted molar refractivity (Wildman–Crippen MR) is 80.1 cm³/mol. The van der Waals surface area contributed by atoms with Gasteiger partial charge in [0.15, 0.2) is 11.5 Å². The third-order valence-corrected chi connectivity index (χ3v) is 3.52. The third kappa shape index (κ3) is 3.16. The van der Waals surface area contributed by atoms with Crippen molar-refractivity contribution in [2.24, 2.45) is 0 Å². The van der Waals surface area contributed by atoms with E-state index in [0.717, 1.165) is 42.7 Å². The maximum Gasteiger partial charge on any atom is 0.231 e. The number of nitrogens with two attached hydrogens (primary N) is 2. The molecule has 0 amide bonds. The van der Waals surface area contributed by atoms with Crippen LogP contribution >= 0.6 is 0 Å². The van der Waals surface area contributed by atoms with Gasteiger partial charge in [-0.05, 0) is 43.4 Å². The smallest absolute Gasteiger partial charge is 0.231 e. The standard InChI is InChI=1S/C15H18N4O2/c16-14-11(8-18-15(17)19-14)4-2-1-3-10-5-6-12-13(7-10)21-9-20-12/h5-8H,1-4,9H2,(H4,16,17,18,19). The van der Waals surface area contributed by atoms with Gasteiger partial charge in [-0.25, -0.2) is 4.98 Å². The molecule has 1 aromatic carbocycles. The predicted octanol–water partition coefficient (Wildman–Crippen LogP) is 1.94. The normalized spacial score (nSPS) is 12.6. The second-order valence-corrected chi connectivity index (χ2v) is 5.03. The van der Waals surface area contributed by atoms with Gasteiger partial charge in [0, 0.05) is 11.8 Å². The van der Waals surface area contributed by atoms with E-state index in [1.165, 1.54) is 5.56 Å². The Hall–Kier alpha value is -2.50. The highest BCUT2D eigenvalue weighted by Gasteiger charge is 2.12. The van der Waals surface area contributed by atoms with E-state index in [4.69, 9.17) is 20.9 Å². The largest absolute Gasteiger partial charge is 0.454 e. The second kappa shape index (κ2) is 5.87. The first-order chi connectivity index (χ1) is 10.2. The number of hydrogen-bond acceptors (Lipinski definition) is 6. The highest BCUT2D eigenvalue weighted by molar-refractivity contribution is 5.44. The maximum absolute atomic E-state index is 5.81. The number of nitrogens with zero attached hydrogens (tertiary/aromatic N) is 2. The van der Waals surface area contributed by atoms with Crippen LogP contribution in [0.3, 0.4) is 0 Å². The summed E-state index contributed by atoms with van der Waals surface area (Å²) in [7, 11) is 0. The number of fused-ring (bicyclic) bond motifs is 1. The lowest BCUT2D eigenvalue weighted by molar-refractivity contribution is 0.174. The molecule has 0 saturated carbocycles. The number of rotatable bonds is 5. The minimum absolute atomic E-state index is 0.219. The first-order valence-corrected chi connectivity index (χ1v) is 6.98. The van der Waals surface area contributed by atoms with Crippen molar-refractivity contribution in [3.63, 3.8) is 0 Å². The van der Waals surface area contributed by atoms with Crippen LogP contribution in [0.5, 0.6) is 11.5 Å². The summed E-state index contributed by atoms with van der Waals surface area (Å²) in [6, 6.07) is 6.08. The minimum Gasteiger partial charge on any atom is -0.454 e. The summed E-state index contributed by atoms with van der Waals surface area (Å²) in [5.74, 6) is 2.36. The molecule has 2 heterocycles. The number of nitrogen functional groups attached to an aromatic ring is 2. The van der Waals surface area contributed by atoms with Crippen molar-refractivity contribution in [1.82, 2.24) is 9.97 Å². The molecule has 0 spiro atoms. The highest BCUT2D eigenvalue weighted by atomic mass is 16.7. The summed E-state index contributed by atoms with van der Waals surface area (Å²) in [5.41, 5.74) is 13.5. The van der Waals surface area contributed by atoms with Crippen LogP contribution in [0.1, 0.15) is 24.0 Å². The molecule has 3 rings (SSSR count). The van der Waals surface area contributed by atoms with E-state index >= 15 is 0 Å². The molecule has 4 N–H and O–H groups in total. The van der Waals surface area contributed by atoms with Gasteiger partial charge in [0.1, 0.15) is 5.82 Å². The van der Waals surface area contributed by atoms with Gasteiger partial charge in [0.25, 0.3) is 0 Å². The molecule has 0 bridgehead atoms. The SMILES string of the molecule is Nc1ncc(CCCCc2ccc3c(c2)OCO3)c(N)n1. The Kier molecular flexibility index (Phi) is 3.77. The average molecular weight is 286 g/mol.